The van der Waals surface area contributed by atoms with Gasteiger partial charge in [-0.1, -0.05) is 49.6 Å². The number of rotatable bonds is 1. The molecular weight excluding hydrogens is 144 g/mol. The SMILES string of the molecule is C1=C\CC/C=C\CC/1.C=CC=C. The van der Waals surface area contributed by atoms with Crippen LogP contribution in [0.2, 0.25) is 0 Å². The molecule has 1 aliphatic carbocycles. The van der Waals surface area contributed by atoms with Crippen LogP contribution in [0.1, 0.15) is 25.7 Å². The quantitative estimate of drug-likeness (QED) is 0.403. The summed E-state index contributed by atoms with van der Waals surface area (Å²) in [6.07, 6.45) is 17.3. The standard InChI is InChI=1S/C8H12.C4H6/c1-2-4-6-8-7-5-3-1;1-3-4-2/h1-2,7-8H,3-6H2;3-4H,1-2H2/b2-1-,8-7-;. The molecule has 0 spiro atoms. The first kappa shape index (κ1) is 11.0. The van der Waals surface area contributed by atoms with Crippen LogP contribution in [0, 0.1) is 0 Å². The monoisotopic (exact) mass is 162 g/mol. The van der Waals surface area contributed by atoms with Gasteiger partial charge in [0.15, 0.2) is 0 Å². The van der Waals surface area contributed by atoms with E-state index in [0.29, 0.717) is 0 Å². The molecule has 1 aliphatic rings. The van der Waals surface area contributed by atoms with Gasteiger partial charge in [-0.3, -0.25) is 0 Å². The Bertz CT molecular complexity index is 129. The molecular formula is C12H18. The summed E-state index contributed by atoms with van der Waals surface area (Å²) in [5, 5.41) is 0. The molecule has 0 aliphatic heterocycles. The Labute approximate surface area is 76.0 Å². The first-order valence-corrected chi connectivity index (χ1v) is 4.45. The smallest absolute Gasteiger partial charge is 0.0316 e. The molecule has 0 fully saturated rings. The van der Waals surface area contributed by atoms with Crippen LogP contribution in [-0.2, 0) is 0 Å². The van der Waals surface area contributed by atoms with Gasteiger partial charge < -0.3 is 0 Å². The van der Waals surface area contributed by atoms with Crippen LogP contribution in [0.5, 0.6) is 0 Å². The van der Waals surface area contributed by atoms with Gasteiger partial charge in [0.05, 0.1) is 0 Å². The van der Waals surface area contributed by atoms with Crippen molar-refractivity contribution in [2.24, 2.45) is 0 Å². The van der Waals surface area contributed by atoms with Gasteiger partial charge in [0.2, 0.25) is 0 Å². The van der Waals surface area contributed by atoms with Gasteiger partial charge in [0.25, 0.3) is 0 Å². The van der Waals surface area contributed by atoms with E-state index in [1.165, 1.54) is 25.7 Å². The van der Waals surface area contributed by atoms with Crippen molar-refractivity contribution in [3.63, 3.8) is 0 Å². The molecule has 0 bridgehead atoms. The molecule has 0 atom stereocenters. The van der Waals surface area contributed by atoms with Crippen LogP contribution in [0.15, 0.2) is 49.6 Å². The van der Waals surface area contributed by atoms with Crippen molar-refractivity contribution in [1.29, 1.82) is 0 Å². The largest absolute Gasteiger partial charge is 0.0991 e. The normalized spacial score (nSPS) is 20.3. The lowest BCUT2D eigenvalue weighted by Crippen LogP contribution is -1.71. The average molecular weight is 162 g/mol. The van der Waals surface area contributed by atoms with Crippen molar-refractivity contribution in [2.75, 3.05) is 0 Å². The van der Waals surface area contributed by atoms with Gasteiger partial charge in [0.1, 0.15) is 0 Å². The first-order chi connectivity index (χ1) is 5.91. The molecule has 66 valence electrons. The zero-order valence-electron chi connectivity index (χ0n) is 7.71. The molecule has 0 amide bonds. The molecule has 0 N–H and O–H groups in total. The molecule has 0 unspecified atom stereocenters. The van der Waals surface area contributed by atoms with Crippen LogP contribution < -0.4 is 0 Å². The molecule has 12 heavy (non-hydrogen) atoms. The fourth-order valence-electron chi connectivity index (χ4n) is 0.856. The Morgan fingerprint density at radius 1 is 0.667 bits per heavy atom. The maximum atomic E-state index is 3.36. The van der Waals surface area contributed by atoms with Gasteiger partial charge in [-0.25, -0.2) is 0 Å². The molecule has 0 radical (unpaired) electrons. The molecule has 0 nitrogen and oxygen atoms in total. The van der Waals surface area contributed by atoms with Crippen LogP contribution in [0.25, 0.3) is 0 Å². The molecule has 0 heterocycles. The van der Waals surface area contributed by atoms with E-state index < -0.39 is 0 Å². The second-order valence-electron chi connectivity index (χ2n) is 2.57. The van der Waals surface area contributed by atoms with Crippen LogP contribution in [-0.4, -0.2) is 0 Å². The summed E-state index contributed by atoms with van der Waals surface area (Å²) in [7, 11) is 0. The summed E-state index contributed by atoms with van der Waals surface area (Å²) in [6, 6.07) is 0. The predicted molar refractivity (Wildman–Crippen MR) is 57.1 cm³/mol. The third-order valence-electron chi connectivity index (χ3n) is 1.50. The summed E-state index contributed by atoms with van der Waals surface area (Å²) >= 11 is 0. The highest BCUT2D eigenvalue weighted by atomic mass is 13.9. The highest BCUT2D eigenvalue weighted by Crippen LogP contribution is 2.02. The summed E-state index contributed by atoms with van der Waals surface area (Å²) in [5.74, 6) is 0. The molecule has 1 rings (SSSR count). The van der Waals surface area contributed by atoms with Gasteiger partial charge in [-0.05, 0) is 25.7 Å². The van der Waals surface area contributed by atoms with Crippen molar-refractivity contribution in [2.45, 2.75) is 25.7 Å². The highest BCUT2D eigenvalue weighted by molar-refractivity contribution is 4.93. The van der Waals surface area contributed by atoms with E-state index in [0.717, 1.165) is 0 Å². The van der Waals surface area contributed by atoms with Gasteiger partial charge in [-0.15, -0.1) is 0 Å². The van der Waals surface area contributed by atoms with E-state index in [1.54, 1.807) is 12.2 Å². The fraction of sp³-hybridized carbons (Fsp3) is 0.333. The van der Waals surface area contributed by atoms with Crippen molar-refractivity contribution in [3.05, 3.63) is 49.6 Å². The first-order valence-electron chi connectivity index (χ1n) is 4.45. The third kappa shape index (κ3) is 8.96. The molecule has 0 saturated heterocycles. The summed E-state index contributed by atoms with van der Waals surface area (Å²) in [6.45, 7) is 6.72. The van der Waals surface area contributed by atoms with Crippen molar-refractivity contribution in [3.8, 4) is 0 Å². The minimum absolute atomic E-state index is 1.23. The number of hydrogen-bond acceptors (Lipinski definition) is 0. The van der Waals surface area contributed by atoms with Gasteiger partial charge in [0, 0.05) is 0 Å². The lowest BCUT2D eigenvalue weighted by Gasteiger charge is -1.92. The second-order valence-corrected chi connectivity index (χ2v) is 2.57. The molecule has 0 aromatic carbocycles. The zero-order chi connectivity index (χ0) is 9.07. The van der Waals surface area contributed by atoms with E-state index >= 15 is 0 Å². The highest BCUT2D eigenvalue weighted by Gasteiger charge is 1.81. The Kier molecular flexibility index (Phi) is 9.10. The lowest BCUT2D eigenvalue weighted by molar-refractivity contribution is 0.962. The van der Waals surface area contributed by atoms with Gasteiger partial charge in [-0.2, -0.15) is 0 Å². The number of allylic oxidation sites excluding steroid dienone is 6. The van der Waals surface area contributed by atoms with E-state index in [4.69, 9.17) is 0 Å². The maximum absolute atomic E-state index is 3.36. The topological polar surface area (TPSA) is 0 Å². The summed E-state index contributed by atoms with van der Waals surface area (Å²) in [4.78, 5) is 0. The van der Waals surface area contributed by atoms with Crippen molar-refractivity contribution < 1.29 is 0 Å². The Balaban J connectivity index is 0.000000261. The Morgan fingerprint density at radius 2 is 0.917 bits per heavy atom. The molecule has 0 aromatic rings. The number of hydrogen-bond donors (Lipinski definition) is 0. The van der Waals surface area contributed by atoms with Crippen LogP contribution in [0.4, 0.5) is 0 Å². The van der Waals surface area contributed by atoms with E-state index in [9.17, 15) is 0 Å². The second kappa shape index (κ2) is 9.96. The Hall–Kier alpha value is -1.04. The van der Waals surface area contributed by atoms with Gasteiger partial charge >= 0.3 is 0 Å². The fourth-order valence-corrected chi connectivity index (χ4v) is 0.856. The minimum Gasteiger partial charge on any atom is -0.0991 e. The minimum atomic E-state index is 1.23. The maximum Gasteiger partial charge on any atom is -0.0316 e. The van der Waals surface area contributed by atoms with E-state index in [-0.39, 0.29) is 0 Å². The van der Waals surface area contributed by atoms with Crippen molar-refractivity contribution in [1.82, 2.24) is 0 Å². The third-order valence-corrected chi connectivity index (χ3v) is 1.50. The van der Waals surface area contributed by atoms with Crippen molar-refractivity contribution >= 4 is 0 Å². The average Bonchev–Trinajstić information content (AvgIpc) is 2.04. The summed E-state index contributed by atoms with van der Waals surface area (Å²) in [5.41, 5.74) is 0. The summed E-state index contributed by atoms with van der Waals surface area (Å²) < 4.78 is 0. The van der Waals surface area contributed by atoms with E-state index in [1.807, 2.05) is 0 Å². The molecule has 0 saturated carbocycles. The molecule has 0 heteroatoms. The van der Waals surface area contributed by atoms with Crippen LogP contribution >= 0.6 is 0 Å². The van der Waals surface area contributed by atoms with Crippen LogP contribution in [0.3, 0.4) is 0 Å². The van der Waals surface area contributed by atoms with E-state index in [2.05, 4.69) is 37.5 Å². The lowest BCUT2D eigenvalue weighted by atomic mass is 10.1. The zero-order valence-corrected chi connectivity index (χ0v) is 7.71. The molecule has 0 aromatic heterocycles. The Morgan fingerprint density at radius 3 is 1.08 bits per heavy atom. The predicted octanol–water partition coefficient (Wildman–Crippen LogP) is 4.03.